The van der Waals surface area contributed by atoms with Crippen LogP contribution in [-0.4, -0.2) is 11.6 Å². The zero-order valence-electron chi connectivity index (χ0n) is 14.1. The second-order valence-electron chi connectivity index (χ2n) is 8.21. The molecule has 0 radical (unpaired) electrons. The van der Waals surface area contributed by atoms with Crippen molar-refractivity contribution in [3.8, 4) is 0 Å². The van der Waals surface area contributed by atoms with Gasteiger partial charge in [0.1, 0.15) is 0 Å². The van der Waals surface area contributed by atoms with Crippen LogP contribution in [0, 0.1) is 11.8 Å². The maximum absolute atomic E-state index is 12.9. The van der Waals surface area contributed by atoms with E-state index in [-0.39, 0.29) is 29.3 Å². The fraction of sp³-hybridized carbons (Fsp3) is 0.391. The molecule has 4 unspecified atom stereocenters. The van der Waals surface area contributed by atoms with Crippen molar-refractivity contribution in [1.82, 2.24) is 0 Å². The van der Waals surface area contributed by atoms with Crippen molar-refractivity contribution in [3.05, 3.63) is 57.0 Å². The predicted octanol–water partition coefficient (Wildman–Crippen LogP) is 2.66. The Morgan fingerprint density at radius 3 is 2.56 bits per heavy atom. The molecule has 0 amide bonds. The van der Waals surface area contributed by atoms with Crippen LogP contribution in [0.4, 0.5) is 0 Å². The van der Waals surface area contributed by atoms with Gasteiger partial charge in [0, 0.05) is 0 Å². The van der Waals surface area contributed by atoms with E-state index in [1.807, 2.05) is 0 Å². The summed E-state index contributed by atoms with van der Waals surface area (Å²) in [5.74, 6) is -0.0300. The lowest BCUT2D eigenvalue weighted by Crippen LogP contribution is -2.48. The minimum Gasteiger partial charge on any atom is -0.290 e. The van der Waals surface area contributed by atoms with Crippen molar-refractivity contribution in [1.29, 1.82) is 0 Å². The minimum atomic E-state index is -0.319. The van der Waals surface area contributed by atoms with E-state index in [1.54, 1.807) is 0 Å². The molecule has 2 heteroatoms. The third-order valence-electron chi connectivity index (χ3n) is 7.04. The SMILES string of the molecule is O=C1C(=O)C2c3cc4c(cc3C1C1=CC3=CCCCC3CC12)=CCC=4. The van der Waals surface area contributed by atoms with Crippen LogP contribution in [0.1, 0.15) is 55.1 Å². The lowest BCUT2D eigenvalue weighted by Gasteiger charge is -2.48. The van der Waals surface area contributed by atoms with Gasteiger partial charge in [0.05, 0.1) is 11.8 Å². The summed E-state index contributed by atoms with van der Waals surface area (Å²) in [6, 6.07) is 4.40. The minimum absolute atomic E-state index is 0.134. The standard InChI is InChI=1S/C23H20O2/c24-22-20-16-8-12-4-1-2-5-13(12)9-17(16)21(23(22)25)19-11-15-7-3-6-14(15)10-18(19)20/h4,6-8,10-11,13,17,20-21H,1-3,5,9H2. The normalized spacial score (nSPS) is 34.1. The molecule has 0 aromatic heterocycles. The van der Waals surface area contributed by atoms with E-state index < -0.39 is 0 Å². The van der Waals surface area contributed by atoms with Gasteiger partial charge in [-0.1, -0.05) is 42.0 Å². The first-order valence-corrected chi connectivity index (χ1v) is 9.56. The van der Waals surface area contributed by atoms with Crippen LogP contribution in [0.5, 0.6) is 0 Å². The zero-order chi connectivity index (χ0) is 16.7. The number of Topliss-reactive ketones (excluding diaryl/α,β-unsaturated/α-hetero) is 2. The molecule has 25 heavy (non-hydrogen) atoms. The van der Waals surface area contributed by atoms with E-state index >= 15 is 0 Å². The van der Waals surface area contributed by atoms with E-state index in [0.717, 1.165) is 30.4 Å². The summed E-state index contributed by atoms with van der Waals surface area (Å²) in [6.45, 7) is 0. The Morgan fingerprint density at radius 1 is 0.920 bits per heavy atom. The van der Waals surface area contributed by atoms with Gasteiger partial charge in [0.15, 0.2) is 0 Å². The van der Waals surface area contributed by atoms with Crippen LogP contribution in [0.2, 0.25) is 0 Å². The van der Waals surface area contributed by atoms with Gasteiger partial charge in [-0.25, -0.2) is 0 Å². The van der Waals surface area contributed by atoms with E-state index in [1.165, 1.54) is 34.4 Å². The Balaban J connectivity index is 1.63. The van der Waals surface area contributed by atoms with Gasteiger partial charge < -0.3 is 0 Å². The summed E-state index contributed by atoms with van der Waals surface area (Å²) in [4.78, 5) is 25.7. The summed E-state index contributed by atoms with van der Waals surface area (Å²) >= 11 is 0. The second kappa shape index (κ2) is 4.69. The first-order chi connectivity index (χ1) is 12.2. The smallest absolute Gasteiger partial charge is 0.210 e. The number of hydrogen-bond acceptors (Lipinski definition) is 2. The first kappa shape index (κ1) is 14.0. The van der Waals surface area contributed by atoms with Gasteiger partial charge in [-0.2, -0.15) is 0 Å². The molecule has 7 rings (SSSR count). The van der Waals surface area contributed by atoms with Crippen LogP contribution >= 0.6 is 0 Å². The lowest BCUT2D eigenvalue weighted by atomic mass is 9.53. The third-order valence-corrected chi connectivity index (χ3v) is 7.04. The number of rotatable bonds is 0. The van der Waals surface area contributed by atoms with Crippen molar-refractivity contribution >= 4 is 23.7 Å². The first-order valence-electron chi connectivity index (χ1n) is 9.56. The maximum atomic E-state index is 12.9. The summed E-state index contributed by atoms with van der Waals surface area (Å²) in [6.07, 6.45) is 14.7. The monoisotopic (exact) mass is 328 g/mol. The Bertz CT molecular complexity index is 1040. The average Bonchev–Trinajstić information content (AvgIpc) is 3.08. The fourth-order valence-corrected chi connectivity index (χ4v) is 5.93. The van der Waals surface area contributed by atoms with Crippen LogP contribution in [0.3, 0.4) is 0 Å². The molecule has 1 aromatic carbocycles. The van der Waals surface area contributed by atoms with Crippen molar-refractivity contribution in [2.75, 3.05) is 0 Å². The molecule has 1 aromatic rings. The van der Waals surface area contributed by atoms with Crippen molar-refractivity contribution < 1.29 is 9.59 Å². The fourth-order valence-electron chi connectivity index (χ4n) is 5.93. The number of fused-ring (bicyclic) bond motifs is 3. The Morgan fingerprint density at radius 2 is 1.72 bits per heavy atom. The topological polar surface area (TPSA) is 34.1 Å². The van der Waals surface area contributed by atoms with Crippen LogP contribution in [0.15, 0.2) is 35.4 Å². The van der Waals surface area contributed by atoms with Gasteiger partial charge in [-0.15, -0.1) is 0 Å². The molecule has 1 saturated carbocycles. The molecular weight excluding hydrogens is 308 g/mol. The molecule has 4 atom stereocenters. The quantitative estimate of drug-likeness (QED) is 0.686. The van der Waals surface area contributed by atoms with Crippen LogP contribution in [0.25, 0.3) is 12.2 Å². The molecule has 2 bridgehead atoms. The molecular formula is C23H20O2. The Hall–Kier alpha value is -2.22. The highest BCUT2D eigenvalue weighted by molar-refractivity contribution is 6.44. The molecule has 0 spiro atoms. The highest BCUT2D eigenvalue weighted by atomic mass is 16.2. The molecule has 124 valence electrons. The lowest BCUT2D eigenvalue weighted by molar-refractivity contribution is -0.141. The number of carbonyl (C=O) groups excluding carboxylic acids is 2. The predicted molar refractivity (Wildman–Crippen MR) is 96.3 cm³/mol. The maximum Gasteiger partial charge on any atom is 0.210 e. The Labute approximate surface area is 146 Å². The molecule has 0 heterocycles. The molecule has 6 aliphatic rings. The molecule has 0 saturated heterocycles. The Kier molecular flexibility index (Phi) is 2.63. The molecule has 2 nitrogen and oxygen atoms in total. The second-order valence-corrected chi connectivity index (χ2v) is 8.21. The van der Waals surface area contributed by atoms with E-state index in [9.17, 15) is 9.59 Å². The summed E-state index contributed by atoms with van der Waals surface area (Å²) in [5, 5.41) is 2.47. The summed E-state index contributed by atoms with van der Waals surface area (Å²) in [7, 11) is 0. The molecule has 1 fully saturated rings. The van der Waals surface area contributed by atoms with Crippen molar-refractivity contribution in [3.63, 3.8) is 0 Å². The molecule has 6 aliphatic carbocycles. The third kappa shape index (κ3) is 1.70. The van der Waals surface area contributed by atoms with Gasteiger partial charge in [-0.05, 0) is 71.1 Å². The number of allylic oxidation sites excluding steroid dienone is 4. The summed E-state index contributed by atoms with van der Waals surface area (Å²) < 4.78 is 0. The number of ketones is 2. The zero-order valence-corrected chi connectivity index (χ0v) is 14.1. The van der Waals surface area contributed by atoms with Crippen molar-refractivity contribution in [2.45, 2.75) is 43.9 Å². The van der Waals surface area contributed by atoms with Crippen LogP contribution in [-0.2, 0) is 9.59 Å². The van der Waals surface area contributed by atoms with Crippen molar-refractivity contribution in [2.24, 2.45) is 11.8 Å². The van der Waals surface area contributed by atoms with Gasteiger partial charge >= 0.3 is 0 Å². The number of hydrogen-bond donors (Lipinski definition) is 0. The van der Waals surface area contributed by atoms with Crippen LogP contribution < -0.4 is 10.4 Å². The van der Waals surface area contributed by atoms with Gasteiger partial charge in [0.2, 0.25) is 11.6 Å². The highest BCUT2D eigenvalue weighted by Crippen LogP contribution is 2.57. The number of benzene rings is 1. The van der Waals surface area contributed by atoms with Gasteiger partial charge in [-0.3, -0.25) is 9.59 Å². The molecule has 0 aliphatic heterocycles. The van der Waals surface area contributed by atoms with E-state index in [2.05, 4.69) is 36.4 Å². The highest BCUT2D eigenvalue weighted by Gasteiger charge is 2.54. The summed E-state index contributed by atoms with van der Waals surface area (Å²) in [5.41, 5.74) is 4.91. The average molecular weight is 328 g/mol. The molecule has 0 N–H and O–H groups in total. The van der Waals surface area contributed by atoms with Gasteiger partial charge in [0.25, 0.3) is 0 Å². The van der Waals surface area contributed by atoms with E-state index in [4.69, 9.17) is 0 Å². The van der Waals surface area contributed by atoms with E-state index in [0.29, 0.717) is 5.92 Å². The number of carbonyl (C=O) groups is 2. The largest absolute Gasteiger partial charge is 0.290 e.